The number of pyridine rings is 1. The molecule has 3 aliphatic carbocycles. The fourth-order valence-electron chi connectivity index (χ4n) is 4.15. The average Bonchev–Trinajstić information content (AvgIpc) is 2.71. The molecule has 0 unspecified atom stereocenters. The van der Waals surface area contributed by atoms with Crippen molar-refractivity contribution in [2.75, 3.05) is 0 Å². The molecule has 8 heteroatoms. The van der Waals surface area contributed by atoms with Crippen LogP contribution >= 0.6 is 11.6 Å². The van der Waals surface area contributed by atoms with Gasteiger partial charge in [0.25, 0.3) is 0 Å². The molecule has 2 aromatic rings. The van der Waals surface area contributed by atoms with Gasteiger partial charge in [-0.1, -0.05) is 11.6 Å². The van der Waals surface area contributed by atoms with Crippen molar-refractivity contribution in [1.29, 1.82) is 0 Å². The van der Waals surface area contributed by atoms with Crippen LogP contribution in [0.25, 0.3) is 11.0 Å². The summed E-state index contributed by atoms with van der Waals surface area (Å²) in [6.07, 6.45) is 2.39. The maximum absolute atomic E-state index is 13.0. The van der Waals surface area contributed by atoms with Crippen LogP contribution in [-0.2, 0) is 17.3 Å². The highest BCUT2D eigenvalue weighted by molar-refractivity contribution is 6.29. The van der Waals surface area contributed by atoms with Gasteiger partial charge >= 0.3 is 11.8 Å². The van der Waals surface area contributed by atoms with Crippen molar-refractivity contribution in [3.05, 3.63) is 27.9 Å². The Hall–Kier alpha value is -2.02. The summed E-state index contributed by atoms with van der Waals surface area (Å²) < 4.78 is 30.7. The minimum atomic E-state index is -2.63. The molecule has 0 aliphatic heterocycles. The van der Waals surface area contributed by atoms with Gasteiger partial charge in [-0.05, 0) is 40.0 Å². The molecule has 0 aromatic carbocycles. The van der Waals surface area contributed by atoms with E-state index in [2.05, 4.69) is 10.3 Å². The van der Waals surface area contributed by atoms with Gasteiger partial charge in [-0.15, -0.1) is 0 Å². The lowest BCUT2D eigenvalue weighted by Crippen LogP contribution is -2.79. The lowest BCUT2D eigenvalue weighted by Gasteiger charge is -2.70. The van der Waals surface area contributed by atoms with E-state index in [0.29, 0.717) is 24.8 Å². The van der Waals surface area contributed by atoms with E-state index in [1.165, 1.54) is 16.8 Å². The van der Waals surface area contributed by atoms with E-state index in [1.54, 1.807) is 20.8 Å². The minimum absolute atomic E-state index is 0.178. The van der Waals surface area contributed by atoms with Crippen LogP contribution in [0.3, 0.4) is 0 Å². The van der Waals surface area contributed by atoms with Gasteiger partial charge in [0.15, 0.2) is 0 Å². The van der Waals surface area contributed by atoms with Crippen molar-refractivity contribution in [1.82, 2.24) is 19.4 Å². The first kappa shape index (κ1) is 13.2. The molecule has 2 heterocycles. The summed E-state index contributed by atoms with van der Waals surface area (Å²) in [5.41, 5.74) is -1.53. The van der Waals surface area contributed by atoms with Gasteiger partial charge in [-0.3, -0.25) is 9.13 Å². The second-order valence-electron chi connectivity index (χ2n) is 8.11. The Kier molecular flexibility index (Phi) is 2.53. The molecule has 25 heavy (non-hydrogen) atoms. The molecule has 1 amide bonds. The highest BCUT2D eigenvalue weighted by Crippen LogP contribution is 2.65. The average molecular weight is 368 g/mol. The first-order chi connectivity index (χ1) is 12.8. The summed E-state index contributed by atoms with van der Waals surface area (Å²) in [6, 6.07) is 1.51. The zero-order valence-electron chi connectivity index (χ0n) is 17.2. The molecule has 2 aromatic heterocycles. The number of hydrogen-bond donors (Lipinski definition) is 1. The van der Waals surface area contributed by atoms with Gasteiger partial charge in [0.05, 0.1) is 28.3 Å². The second kappa shape index (κ2) is 4.78. The molecule has 0 spiro atoms. The molecule has 7 nitrogen and oxygen atoms in total. The lowest BCUT2D eigenvalue weighted by molar-refractivity contribution is -0.135. The van der Waals surface area contributed by atoms with Crippen molar-refractivity contribution in [3.63, 3.8) is 0 Å². The first-order valence-corrected chi connectivity index (χ1v) is 8.44. The van der Waals surface area contributed by atoms with Crippen LogP contribution in [0.1, 0.15) is 44.1 Å². The van der Waals surface area contributed by atoms with Gasteiger partial charge in [-0.25, -0.2) is 14.6 Å². The third-order valence-corrected chi connectivity index (χ3v) is 5.14. The van der Waals surface area contributed by atoms with Crippen molar-refractivity contribution >= 4 is 28.7 Å². The predicted molar refractivity (Wildman–Crippen MR) is 93.9 cm³/mol. The van der Waals surface area contributed by atoms with E-state index in [1.807, 2.05) is 0 Å². The molecule has 3 fully saturated rings. The maximum Gasteiger partial charge on any atom is 0.408 e. The SMILES string of the molecule is [2H]C([2H])([2H])n1c(=O)n(C23CC(NC(=O)OC(C)(C)C)(C2)C3)c2cc(Cl)ncc21. The van der Waals surface area contributed by atoms with Crippen molar-refractivity contribution < 1.29 is 13.6 Å². The quantitative estimate of drug-likeness (QED) is 0.827. The zero-order chi connectivity index (χ0) is 20.7. The van der Waals surface area contributed by atoms with E-state index in [9.17, 15) is 9.59 Å². The van der Waals surface area contributed by atoms with E-state index < -0.39 is 35.4 Å². The van der Waals surface area contributed by atoms with Gasteiger partial charge in [0.1, 0.15) is 10.8 Å². The van der Waals surface area contributed by atoms with Crippen molar-refractivity contribution in [2.24, 2.45) is 6.98 Å². The van der Waals surface area contributed by atoms with Crippen LogP contribution in [0, 0.1) is 0 Å². The van der Waals surface area contributed by atoms with E-state index in [-0.39, 0.29) is 10.7 Å². The summed E-state index contributed by atoms with van der Waals surface area (Å²) in [6.45, 7) is 2.73. The standard InChI is InChI=1S/C17H21ClN4O3/c1-15(2,3)25-13(23)20-16-7-17(8-16,9-16)22-10-5-12(18)19-6-11(10)21(4)14(22)24/h5-6H,7-9H2,1-4H3,(H,20,23)/i4D3. The Morgan fingerprint density at radius 2 is 2.08 bits per heavy atom. The van der Waals surface area contributed by atoms with Gasteiger partial charge in [-0.2, -0.15) is 0 Å². The third kappa shape index (κ3) is 2.36. The molecular formula is C17H21ClN4O3. The molecular weight excluding hydrogens is 344 g/mol. The zero-order valence-corrected chi connectivity index (χ0v) is 15.0. The van der Waals surface area contributed by atoms with Crippen LogP contribution in [-0.4, -0.2) is 31.4 Å². The number of carbonyl (C=O) groups is 1. The molecule has 5 rings (SSSR count). The summed E-state index contributed by atoms with van der Waals surface area (Å²) in [7, 11) is 0. The van der Waals surface area contributed by atoms with E-state index in [4.69, 9.17) is 20.5 Å². The molecule has 0 radical (unpaired) electrons. The summed E-state index contributed by atoms with van der Waals surface area (Å²) in [5, 5.41) is 3.07. The summed E-state index contributed by atoms with van der Waals surface area (Å²) in [5.74, 6) is 0. The number of hydrogen-bond acceptors (Lipinski definition) is 4. The van der Waals surface area contributed by atoms with Crippen LogP contribution < -0.4 is 11.0 Å². The molecule has 2 bridgehead atoms. The summed E-state index contributed by atoms with van der Waals surface area (Å²) >= 11 is 6.00. The maximum atomic E-state index is 13.0. The Morgan fingerprint density at radius 3 is 2.68 bits per heavy atom. The number of nitrogens with zero attached hydrogens (tertiary/aromatic N) is 3. The smallest absolute Gasteiger partial charge is 0.408 e. The monoisotopic (exact) mass is 367 g/mol. The van der Waals surface area contributed by atoms with E-state index in [0.717, 1.165) is 4.57 Å². The van der Waals surface area contributed by atoms with Crippen molar-refractivity contribution in [2.45, 2.75) is 56.7 Å². The molecule has 3 saturated carbocycles. The highest BCUT2D eigenvalue weighted by Gasteiger charge is 2.70. The summed E-state index contributed by atoms with van der Waals surface area (Å²) in [4.78, 5) is 29.0. The first-order valence-electron chi connectivity index (χ1n) is 9.57. The van der Waals surface area contributed by atoms with Gasteiger partial charge in [0.2, 0.25) is 0 Å². The van der Waals surface area contributed by atoms with Gasteiger partial charge < -0.3 is 10.1 Å². The second-order valence-corrected chi connectivity index (χ2v) is 8.50. The van der Waals surface area contributed by atoms with E-state index >= 15 is 0 Å². The normalized spacial score (nSPS) is 29.8. The number of ether oxygens (including phenoxy) is 1. The van der Waals surface area contributed by atoms with Crippen LogP contribution in [0.15, 0.2) is 17.1 Å². The van der Waals surface area contributed by atoms with Crippen LogP contribution in [0.2, 0.25) is 5.15 Å². The fourth-order valence-corrected chi connectivity index (χ4v) is 4.31. The predicted octanol–water partition coefficient (Wildman–Crippen LogP) is 2.54. The Balaban J connectivity index is 1.66. The Bertz CT molecular complexity index is 1030. The largest absolute Gasteiger partial charge is 0.444 e. The number of amides is 1. The number of alkyl carbamates (subject to hydrolysis) is 1. The number of aryl methyl sites for hydroxylation is 1. The van der Waals surface area contributed by atoms with Gasteiger partial charge in [0, 0.05) is 17.2 Å². The molecule has 3 aliphatic rings. The molecule has 1 N–H and O–H groups in total. The van der Waals surface area contributed by atoms with Crippen molar-refractivity contribution in [3.8, 4) is 0 Å². The molecule has 134 valence electrons. The number of fused-ring (bicyclic) bond motifs is 1. The number of halogens is 1. The number of imidazole rings is 1. The Morgan fingerprint density at radius 1 is 1.40 bits per heavy atom. The molecule has 0 atom stereocenters. The Labute approximate surface area is 154 Å². The number of rotatable bonds is 2. The van der Waals surface area contributed by atoms with Crippen LogP contribution in [0.4, 0.5) is 4.79 Å². The number of aromatic nitrogens is 3. The number of nitrogens with one attached hydrogen (secondary N) is 1. The third-order valence-electron chi connectivity index (χ3n) is 4.94. The minimum Gasteiger partial charge on any atom is -0.444 e. The molecule has 0 saturated heterocycles. The number of carbonyl (C=O) groups excluding carboxylic acids is 1. The topological polar surface area (TPSA) is 78.2 Å². The lowest BCUT2D eigenvalue weighted by atomic mass is 9.44. The fraction of sp³-hybridized carbons (Fsp3) is 0.588. The van der Waals surface area contributed by atoms with Crippen LogP contribution in [0.5, 0.6) is 0 Å². The highest BCUT2D eigenvalue weighted by atomic mass is 35.5.